The third kappa shape index (κ3) is 3.52. The van der Waals surface area contributed by atoms with Crippen LogP contribution in [0.25, 0.3) is 11.5 Å². The number of likely N-dealkylation sites (tertiary alicyclic amines) is 1. The first-order chi connectivity index (χ1) is 14.0. The molecule has 1 amide bonds. The van der Waals surface area contributed by atoms with Crippen molar-refractivity contribution < 1.29 is 18.8 Å². The number of carbonyl (C=O) groups excluding carboxylic acids is 1. The van der Waals surface area contributed by atoms with Crippen molar-refractivity contribution in [2.75, 3.05) is 20.8 Å². The molecule has 1 aliphatic heterocycles. The Hall–Kier alpha value is -2.77. The molecule has 2 heterocycles. The second-order valence-corrected chi connectivity index (χ2v) is 7.25. The van der Waals surface area contributed by atoms with Crippen molar-refractivity contribution >= 4 is 29.1 Å². The molecule has 1 saturated heterocycles. The number of hydrogen-bond donors (Lipinski definition) is 0. The first-order valence-electron chi connectivity index (χ1n) is 8.84. The van der Waals surface area contributed by atoms with Gasteiger partial charge in [-0.25, -0.2) is 0 Å². The Labute approximate surface area is 177 Å². The van der Waals surface area contributed by atoms with Crippen LogP contribution in [0.3, 0.4) is 0 Å². The molecule has 0 N–H and O–H groups in total. The number of para-hydroxylation sites is 1. The summed E-state index contributed by atoms with van der Waals surface area (Å²) in [6, 6.07) is 9.93. The lowest BCUT2D eigenvalue weighted by Crippen LogP contribution is -2.45. The van der Waals surface area contributed by atoms with Crippen molar-refractivity contribution in [3.63, 3.8) is 0 Å². The first-order valence-corrected chi connectivity index (χ1v) is 9.60. The van der Waals surface area contributed by atoms with Crippen LogP contribution in [0.2, 0.25) is 10.0 Å². The lowest BCUT2D eigenvalue weighted by atomic mass is 10.0. The number of ether oxygens (including phenoxy) is 2. The van der Waals surface area contributed by atoms with Crippen LogP contribution >= 0.6 is 23.2 Å². The molecule has 1 atom stereocenters. The fourth-order valence-corrected chi connectivity index (χ4v) is 3.67. The van der Waals surface area contributed by atoms with E-state index in [0.717, 1.165) is 6.42 Å². The minimum Gasteiger partial charge on any atom is -0.495 e. The van der Waals surface area contributed by atoms with Crippen LogP contribution in [0.5, 0.6) is 11.5 Å². The molecule has 0 radical (unpaired) electrons. The Morgan fingerprint density at radius 3 is 2.69 bits per heavy atom. The Bertz CT molecular complexity index is 1070. The van der Waals surface area contributed by atoms with Gasteiger partial charge in [0.05, 0.1) is 35.9 Å². The molecule has 1 fully saturated rings. The number of nitrogens with zero attached hydrogens (tertiary/aromatic N) is 3. The standard InChI is InChI=1S/C20H17Cl2N3O4/c1-27-16-10-11(6-7-13(16)21)20(26)25-9-8-15(25)18-23-19(29-24-18)12-4-3-5-14(22)17(12)28-2/h3-7,10,15H,8-9H2,1-2H3/t15-/m0/s1. The molecule has 3 aromatic rings. The van der Waals surface area contributed by atoms with Crippen molar-refractivity contribution in [2.45, 2.75) is 12.5 Å². The second kappa shape index (κ2) is 7.93. The highest BCUT2D eigenvalue weighted by Crippen LogP contribution is 2.38. The molecule has 4 rings (SSSR count). The van der Waals surface area contributed by atoms with Crippen molar-refractivity contribution in [1.82, 2.24) is 15.0 Å². The lowest BCUT2D eigenvalue weighted by Gasteiger charge is -2.39. The van der Waals surface area contributed by atoms with Gasteiger partial charge in [-0.2, -0.15) is 4.98 Å². The van der Waals surface area contributed by atoms with Crippen LogP contribution in [0.1, 0.15) is 28.6 Å². The fourth-order valence-electron chi connectivity index (χ4n) is 3.22. The number of carbonyl (C=O) groups is 1. The zero-order chi connectivity index (χ0) is 20.5. The van der Waals surface area contributed by atoms with E-state index in [1.807, 2.05) is 0 Å². The highest BCUT2D eigenvalue weighted by atomic mass is 35.5. The molecule has 0 unspecified atom stereocenters. The number of aromatic nitrogens is 2. The van der Waals surface area contributed by atoms with E-state index in [9.17, 15) is 4.79 Å². The van der Waals surface area contributed by atoms with Crippen molar-refractivity contribution in [2.24, 2.45) is 0 Å². The van der Waals surface area contributed by atoms with Gasteiger partial charge in [-0.05, 0) is 36.8 Å². The van der Waals surface area contributed by atoms with Crippen molar-refractivity contribution in [3.8, 4) is 23.0 Å². The van der Waals surface area contributed by atoms with E-state index in [0.29, 0.717) is 45.0 Å². The summed E-state index contributed by atoms with van der Waals surface area (Å²) >= 11 is 12.2. The lowest BCUT2D eigenvalue weighted by molar-refractivity contribution is 0.0435. The maximum atomic E-state index is 12.9. The highest BCUT2D eigenvalue weighted by molar-refractivity contribution is 6.32. The van der Waals surface area contributed by atoms with Gasteiger partial charge >= 0.3 is 0 Å². The molecule has 0 spiro atoms. The maximum absolute atomic E-state index is 12.9. The molecular formula is C20H17Cl2N3O4. The molecule has 29 heavy (non-hydrogen) atoms. The topological polar surface area (TPSA) is 77.7 Å². The molecule has 1 aromatic heterocycles. The number of benzene rings is 2. The van der Waals surface area contributed by atoms with Crippen LogP contribution in [0.15, 0.2) is 40.9 Å². The minimum absolute atomic E-state index is 0.150. The predicted octanol–water partition coefficient (Wildman–Crippen LogP) is 4.65. The van der Waals surface area contributed by atoms with Crippen LogP contribution in [0, 0.1) is 0 Å². The van der Waals surface area contributed by atoms with Gasteiger partial charge in [0.2, 0.25) is 0 Å². The average Bonchev–Trinajstić information content (AvgIpc) is 3.16. The molecule has 1 aliphatic rings. The summed E-state index contributed by atoms with van der Waals surface area (Å²) in [5.74, 6) is 1.47. The van der Waals surface area contributed by atoms with Crippen LogP contribution in [0.4, 0.5) is 0 Å². The Morgan fingerprint density at radius 1 is 1.17 bits per heavy atom. The number of rotatable bonds is 5. The van der Waals surface area contributed by atoms with Crippen LogP contribution in [-0.2, 0) is 0 Å². The quantitative estimate of drug-likeness (QED) is 0.582. The summed E-state index contributed by atoms with van der Waals surface area (Å²) in [4.78, 5) is 19.1. The summed E-state index contributed by atoms with van der Waals surface area (Å²) in [7, 11) is 3.03. The number of amides is 1. The first kappa shape index (κ1) is 19.5. The zero-order valence-electron chi connectivity index (χ0n) is 15.7. The van der Waals surface area contributed by atoms with E-state index in [-0.39, 0.29) is 17.8 Å². The van der Waals surface area contributed by atoms with E-state index in [1.54, 1.807) is 41.3 Å². The average molecular weight is 434 g/mol. The number of methoxy groups -OCH3 is 2. The van der Waals surface area contributed by atoms with E-state index in [1.165, 1.54) is 14.2 Å². The molecule has 9 heteroatoms. The van der Waals surface area contributed by atoms with Gasteiger partial charge in [0.15, 0.2) is 5.82 Å². The predicted molar refractivity (Wildman–Crippen MR) is 108 cm³/mol. The van der Waals surface area contributed by atoms with Crippen molar-refractivity contribution in [1.29, 1.82) is 0 Å². The monoisotopic (exact) mass is 433 g/mol. The molecule has 0 saturated carbocycles. The number of hydrogen-bond acceptors (Lipinski definition) is 6. The third-order valence-electron chi connectivity index (χ3n) is 4.82. The van der Waals surface area contributed by atoms with Gasteiger partial charge in [0.25, 0.3) is 11.8 Å². The van der Waals surface area contributed by atoms with Crippen molar-refractivity contribution in [3.05, 3.63) is 57.8 Å². The Morgan fingerprint density at radius 2 is 2.00 bits per heavy atom. The van der Waals surface area contributed by atoms with Gasteiger partial charge in [0, 0.05) is 12.1 Å². The molecule has 0 aliphatic carbocycles. The van der Waals surface area contributed by atoms with E-state index in [4.69, 9.17) is 37.2 Å². The van der Waals surface area contributed by atoms with E-state index >= 15 is 0 Å². The molecular weight excluding hydrogens is 417 g/mol. The maximum Gasteiger partial charge on any atom is 0.261 e. The Balaban J connectivity index is 1.58. The highest BCUT2D eigenvalue weighted by Gasteiger charge is 2.37. The third-order valence-corrected chi connectivity index (χ3v) is 5.43. The molecule has 0 bridgehead atoms. The zero-order valence-corrected chi connectivity index (χ0v) is 17.2. The number of halogens is 2. The minimum atomic E-state index is -0.271. The van der Waals surface area contributed by atoms with Gasteiger partial charge in [-0.3, -0.25) is 4.79 Å². The largest absolute Gasteiger partial charge is 0.495 e. The Kier molecular flexibility index (Phi) is 5.34. The molecule has 7 nitrogen and oxygen atoms in total. The SMILES string of the molecule is COc1cc(C(=O)N2CC[C@H]2c2noc(-c3cccc(Cl)c3OC)n2)ccc1Cl. The van der Waals surface area contributed by atoms with Gasteiger partial charge in [0.1, 0.15) is 11.5 Å². The summed E-state index contributed by atoms with van der Waals surface area (Å²) in [6.45, 7) is 0.596. The van der Waals surface area contributed by atoms with Gasteiger partial charge in [-0.15, -0.1) is 0 Å². The normalized spacial score (nSPS) is 15.7. The molecule has 2 aromatic carbocycles. The summed E-state index contributed by atoms with van der Waals surface area (Å²) in [5.41, 5.74) is 1.08. The van der Waals surface area contributed by atoms with Crippen LogP contribution < -0.4 is 9.47 Å². The molecule has 150 valence electrons. The summed E-state index contributed by atoms with van der Waals surface area (Å²) in [5, 5.41) is 4.96. The van der Waals surface area contributed by atoms with Crippen LogP contribution in [-0.4, -0.2) is 41.7 Å². The second-order valence-electron chi connectivity index (χ2n) is 6.43. The van der Waals surface area contributed by atoms with Gasteiger partial charge in [-0.1, -0.05) is 34.4 Å². The van der Waals surface area contributed by atoms with E-state index < -0.39 is 0 Å². The smallest absolute Gasteiger partial charge is 0.261 e. The van der Waals surface area contributed by atoms with Gasteiger partial charge < -0.3 is 18.9 Å². The van der Waals surface area contributed by atoms with E-state index in [2.05, 4.69) is 10.1 Å². The summed E-state index contributed by atoms with van der Waals surface area (Å²) < 4.78 is 16.0. The fraction of sp³-hybridized carbons (Fsp3) is 0.250. The summed E-state index contributed by atoms with van der Waals surface area (Å²) in [6.07, 6.45) is 0.738.